The van der Waals surface area contributed by atoms with E-state index in [2.05, 4.69) is 16.2 Å². The summed E-state index contributed by atoms with van der Waals surface area (Å²) in [5, 5.41) is 13.9. The topological polar surface area (TPSA) is 112 Å². The second-order valence-corrected chi connectivity index (χ2v) is 11.0. The molecule has 10 heteroatoms. The van der Waals surface area contributed by atoms with E-state index < -0.39 is 11.9 Å². The van der Waals surface area contributed by atoms with Gasteiger partial charge in [0.05, 0.1) is 30.0 Å². The van der Waals surface area contributed by atoms with Crippen LogP contribution in [0.1, 0.15) is 67.5 Å². The largest absolute Gasteiger partial charge is 0.370 e. The summed E-state index contributed by atoms with van der Waals surface area (Å²) in [5.41, 5.74) is 3.20. The van der Waals surface area contributed by atoms with Crippen LogP contribution in [-0.4, -0.2) is 50.4 Å². The molecule has 2 aliphatic rings. The maximum Gasteiger partial charge on any atom is 0.259 e. The van der Waals surface area contributed by atoms with Crippen molar-refractivity contribution < 1.29 is 18.7 Å². The number of benzene rings is 2. The first-order chi connectivity index (χ1) is 20.5. The van der Waals surface area contributed by atoms with Gasteiger partial charge in [-0.05, 0) is 60.9 Å². The van der Waals surface area contributed by atoms with Crippen LogP contribution in [0.25, 0.3) is 16.9 Å². The lowest BCUT2D eigenvalue weighted by atomic mass is 9.92. The molecule has 0 N–H and O–H groups in total. The number of nitrogens with zero attached hydrogens (tertiary/aromatic N) is 5. The second-order valence-electron chi connectivity index (χ2n) is 11.0. The molecule has 2 fully saturated rings. The number of fused-ring (bicyclic) bond motifs is 1. The number of rotatable bonds is 8. The fraction of sp³-hybridized carbons (Fsp3) is 0.406. The molecule has 42 heavy (non-hydrogen) atoms. The maximum absolute atomic E-state index is 15.6. The Balaban J connectivity index is 1.32. The Morgan fingerprint density at radius 1 is 1.14 bits per heavy atom. The Bertz CT molecular complexity index is 1730. The number of Topliss-reactive ketones (excluding diaryl/α,β-unsaturated/α-hetero) is 1. The molecule has 1 aliphatic heterocycles. The van der Waals surface area contributed by atoms with Crippen LogP contribution in [0.3, 0.4) is 0 Å². The molecule has 6 rings (SSSR count). The van der Waals surface area contributed by atoms with Gasteiger partial charge in [0, 0.05) is 18.0 Å². The molecule has 0 spiro atoms. The van der Waals surface area contributed by atoms with E-state index in [1.807, 2.05) is 13.0 Å². The molecule has 4 aromatic rings. The first kappa shape index (κ1) is 27.9. The molecule has 0 bridgehead atoms. The second kappa shape index (κ2) is 12.0. The molecule has 3 heterocycles. The molecular formula is C32H32FN5O4. The summed E-state index contributed by atoms with van der Waals surface area (Å²) < 4.78 is 30.3. The third-order valence-electron chi connectivity index (χ3n) is 8.33. The zero-order chi connectivity index (χ0) is 29.2. The van der Waals surface area contributed by atoms with E-state index in [0.717, 1.165) is 12.1 Å². The third-order valence-corrected chi connectivity index (χ3v) is 8.33. The summed E-state index contributed by atoms with van der Waals surface area (Å²) in [6.45, 7) is 2.42. The Kier molecular flexibility index (Phi) is 7.96. The van der Waals surface area contributed by atoms with E-state index in [1.54, 1.807) is 39.4 Å². The van der Waals surface area contributed by atoms with Crippen molar-refractivity contribution in [3.63, 3.8) is 0 Å². The molecule has 2 aromatic carbocycles. The first-order valence-electron chi connectivity index (χ1n) is 14.5. The average molecular weight is 570 g/mol. The third kappa shape index (κ3) is 5.26. The predicted molar refractivity (Wildman–Crippen MR) is 153 cm³/mol. The van der Waals surface area contributed by atoms with Gasteiger partial charge in [0.1, 0.15) is 24.9 Å². The number of ketones is 1. The van der Waals surface area contributed by atoms with Crippen LogP contribution < -0.4 is 5.56 Å². The van der Waals surface area contributed by atoms with Crippen molar-refractivity contribution in [1.82, 2.24) is 19.2 Å². The molecule has 2 aromatic heterocycles. The Morgan fingerprint density at radius 3 is 2.67 bits per heavy atom. The summed E-state index contributed by atoms with van der Waals surface area (Å²) in [5.74, 6) is 0.0273. The number of hydrogen-bond acceptors (Lipinski definition) is 7. The number of aryl methyl sites for hydroxylation is 1. The van der Waals surface area contributed by atoms with Crippen molar-refractivity contribution in [2.75, 3.05) is 13.2 Å². The van der Waals surface area contributed by atoms with Crippen molar-refractivity contribution in [1.29, 1.82) is 5.26 Å². The molecule has 0 radical (unpaired) electrons. The highest BCUT2D eigenvalue weighted by Gasteiger charge is 2.33. The Morgan fingerprint density at radius 2 is 1.95 bits per heavy atom. The minimum Gasteiger partial charge on any atom is -0.370 e. The van der Waals surface area contributed by atoms with E-state index in [1.165, 1.54) is 12.4 Å². The number of halogens is 1. The van der Waals surface area contributed by atoms with E-state index >= 15 is 4.39 Å². The normalized spacial score (nSPS) is 20.7. The highest BCUT2D eigenvalue weighted by Crippen LogP contribution is 2.32. The molecular weight excluding hydrogens is 537 g/mol. The minimum atomic E-state index is -0.507. The van der Waals surface area contributed by atoms with Gasteiger partial charge >= 0.3 is 0 Å². The van der Waals surface area contributed by atoms with Crippen LogP contribution in [0.2, 0.25) is 0 Å². The van der Waals surface area contributed by atoms with E-state index in [-0.39, 0.29) is 36.5 Å². The lowest BCUT2D eigenvalue weighted by Crippen LogP contribution is -2.36. The lowest BCUT2D eigenvalue weighted by molar-refractivity contribution is -0.130. The van der Waals surface area contributed by atoms with Gasteiger partial charge in [-0.1, -0.05) is 43.7 Å². The number of carbonyl (C=O) groups excluding carboxylic acids is 1. The zero-order valence-electron chi connectivity index (χ0n) is 23.5. The van der Waals surface area contributed by atoms with Gasteiger partial charge in [-0.15, -0.1) is 0 Å². The predicted octanol–water partition coefficient (Wildman–Crippen LogP) is 4.58. The monoisotopic (exact) mass is 569 g/mol. The van der Waals surface area contributed by atoms with Crippen LogP contribution >= 0.6 is 0 Å². The van der Waals surface area contributed by atoms with Crippen LogP contribution in [0, 0.1) is 17.1 Å². The molecule has 1 atom stereocenters. The number of hydrogen-bond donors (Lipinski definition) is 0. The van der Waals surface area contributed by atoms with Crippen molar-refractivity contribution >= 4 is 11.6 Å². The number of ether oxygens (including phenoxy) is 2. The molecule has 9 nitrogen and oxygen atoms in total. The average Bonchev–Trinajstić information content (AvgIpc) is 3.65. The summed E-state index contributed by atoms with van der Waals surface area (Å²) in [6.07, 6.45) is 5.13. The van der Waals surface area contributed by atoms with Crippen molar-refractivity contribution in [3.8, 4) is 17.2 Å². The van der Waals surface area contributed by atoms with Crippen LogP contribution in [-0.2, 0) is 27.1 Å². The fourth-order valence-corrected chi connectivity index (χ4v) is 6.20. The zero-order valence-corrected chi connectivity index (χ0v) is 23.5. The van der Waals surface area contributed by atoms with E-state index in [0.29, 0.717) is 72.3 Å². The smallest absolute Gasteiger partial charge is 0.259 e. The highest BCUT2D eigenvalue weighted by atomic mass is 19.1. The van der Waals surface area contributed by atoms with Crippen LogP contribution in [0.5, 0.6) is 0 Å². The molecule has 1 aliphatic carbocycles. The first-order valence-corrected chi connectivity index (χ1v) is 14.5. The van der Waals surface area contributed by atoms with E-state index in [9.17, 15) is 14.9 Å². The summed E-state index contributed by atoms with van der Waals surface area (Å²) in [6, 6.07) is 14.0. The Labute approximate surface area is 242 Å². The standard InChI is InChI=1S/C32H32FN5O4/c1-2-5-28-26(14-21-9-8-20(15-27(21)33)25-7-4-3-6-22(25)16-34)31(40)37(32-35-19-36-38(28)32)23-10-12-24(13-11-23)42-30-18-41-17-29(30)39/h3-4,6-9,15,19,23-24,30H,2,5,10-14,17-18H2,1H3/t23-,24-,30-/m1/s1. The quantitative estimate of drug-likeness (QED) is 0.305. The van der Waals surface area contributed by atoms with Gasteiger partial charge in [-0.25, -0.2) is 8.91 Å². The molecule has 216 valence electrons. The van der Waals surface area contributed by atoms with Crippen molar-refractivity contribution in [2.24, 2.45) is 0 Å². The van der Waals surface area contributed by atoms with Gasteiger partial charge in [-0.3, -0.25) is 14.2 Å². The number of aromatic nitrogens is 4. The molecule has 1 saturated carbocycles. The SMILES string of the molecule is CCCc1c(Cc2ccc(-c3ccccc3C#N)cc2F)c(=O)n([C@H]2CC[C@H](O[C@@H]3COCC3=O)CC2)c2ncnn12. The molecule has 1 saturated heterocycles. The van der Waals surface area contributed by atoms with Gasteiger partial charge in [0.2, 0.25) is 5.78 Å². The van der Waals surface area contributed by atoms with Crippen molar-refractivity contribution in [2.45, 2.75) is 70.1 Å². The number of carbonyl (C=O) groups is 1. The van der Waals surface area contributed by atoms with Gasteiger partial charge in [-0.2, -0.15) is 15.3 Å². The lowest BCUT2D eigenvalue weighted by Gasteiger charge is -2.31. The Hall–Kier alpha value is -4.20. The van der Waals surface area contributed by atoms with E-state index in [4.69, 9.17) is 9.47 Å². The van der Waals surface area contributed by atoms with Gasteiger partial charge in [0.25, 0.3) is 5.56 Å². The van der Waals surface area contributed by atoms with Crippen molar-refractivity contribution in [3.05, 3.63) is 87.3 Å². The maximum atomic E-state index is 15.6. The highest BCUT2D eigenvalue weighted by molar-refractivity contribution is 5.86. The molecule has 0 amide bonds. The number of nitriles is 1. The van der Waals surface area contributed by atoms with Crippen LogP contribution in [0.15, 0.2) is 53.6 Å². The van der Waals surface area contributed by atoms with Gasteiger partial charge < -0.3 is 9.47 Å². The van der Waals surface area contributed by atoms with Gasteiger partial charge in [0.15, 0.2) is 5.78 Å². The summed E-state index contributed by atoms with van der Waals surface area (Å²) in [7, 11) is 0. The summed E-state index contributed by atoms with van der Waals surface area (Å²) >= 11 is 0. The fourth-order valence-electron chi connectivity index (χ4n) is 6.20. The molecule has 0 unspecified atom stereocenters. The summed E-state index contributed by atoms with van der Waals surface area (Å²) in [4.78, 5) is 30.6. The van der Waals surface area contributed by atoms with Crippen LogP contribution in [0.4, 0.5) is 4.39 Å². The minimum absolute atomic E-state index is 0.0239.